The van der Waals surface area contributed by atoms with Gasteiger partial charge in [-0.3, -0.25) is 9.98 Å². The van der Waals surface area contributed by atoms with Crippen molar-refractivity contribution in [2.24, 2.45) is 10.7 Å². The SMILES string of the molecule is Cc1ccc(CCN=C(N)Nc2ccc3c(c2)OCCCO3)cn1. The van der Waals surface area contributed by atoms with Crippen molar-refractivity contribution in [3.05, 3.63) is 47.8 Å². The molecule has 2 aromatic rings. The number of rotatable bonds is 4. The van der Waals surface area contributed by atoms with Gasteiger partial charge in [0.05, 0.1) is 13.2 Å². The van der Waals surface area contributed by atoms with Gasteiger partial charge in [0.1, 0.15) is 0 Å². The van der Waals surface area contributed by atoms with E-state index in [0.717, 1.165) is 41.3 Å². The average molecular weight is 326 g/mol. The Kier molecular flexibility index (Phi) is 5.15. The quantitative estimate of drug-likeness (QED) is 0.666. The van der Waals surface area contributed by atoms with E-state index in [1.807, 2.05) is 37.4 Å². The molecule has 1 aromatic heterocycles. The van der Waals surface area contributed by atoms with E-state index in [2.05, 4.69) is 21.4 Å². The van der Waals surface area contributed by atoms with Crippen molar-refractivity contribution >= 4 is 11.6 Å². The van der Waals surface area contributed by atoms with Crippen molar-refractivity contribution in [2.45, 2.75) is 19.8 Å². The first-order valence-electron chi connectivity index (χ1n) is 8.09. The fraction of sp³-hybridized carbons (Fsp3) is 0.333. The van der Waals surface area contributed by atoms with E-state index < -0.39 is 0 Å². The molecule has 0 atom stereocenters. The highest BCUT2D eigenvalue weighted by molar-refractivity contribution is 5.92. The number of anilines is 1. The lowest BCUT2D eigenvalue weighted by Crippen LogP contribution is -2.23. The van der Waals surface area contributed by atoms with Crippen LogP contribution in [0.4, 0.5) is 5.69 Å². The van der Waals surface area contributed by atoms with Gasteiger partial charge in [0, 0.05) is 36.6 Å². The van der Waals surface area contributed by atoms with Crippen LogP contribution in [0.25, 0.3) is 0 Å². The number of guanidine groups is 1. The Morgan fingerprint density at radius 2 is 2.04 bits per heavy atom. The lowest BCUT2D eigenvalue weighted by atomic mass is 10.2. The van der Waals surface area contributed by atoms with Crippen LogP contribution in [-0.4, -0.2) is 30.7 Å². The van der Waals surface area contributed by atoms with Crippen LogP contribution >= 0.6 is 0 Å². The van der Waals surface area contributed by atoms with Crippen molar-refractivity contribution < 1.29 is 9.47 Å². The molecule has 3 rings (SSSR count). The summed E-state index contributed by atoms with van der Waals surface area (Å²) in [7, 11) is 0. The number of nitrogens with one attached hydrogen (secondary N) is 1. The van der Waals surface area contributed by atoms with Gasteiger partial charge in [-0.2, -0.15) is 0 Å². The number of ether oxygens (including phenoxy) is 2. The van der Waals surface area contributed by atoms with Crippen LogP contribution < -0.4 is 20.5 Å². The molecule has 0 fully saturated rings. The monoisotopic (exact) mass is 326 g/mol. The molecule has 6 heteroatoms. The van der Waals surface area contributed by atoms with E-state index in [4.69, 9.17) is 15.2 Å². The van der Waals surface area contributed by atoms with E-state index in [0.29, 0.717) is 25.7 Å². The molecule has 1 aromatic carbocycles. The molecule has 0 amide bonds. The van der Waals surface area contributed by atoms with Crippen LogP contribution in [0.15, 0.2) is 41.5 Å². The second-order valence-corrected chi connectivity index (χ2v) is 5.66. The molecule has 0 aliphatic carbocycles. The summed E-state index contributed by atoms with van der Waals surface area (Å²) < 4.78 is 11.3. The first-order chi connectivity index (χ1) is 11.7. The maximum atomic E-state index is 5.95. The van der Waals surface area contributed by atoms with Gasteiger partial charge in [0.15, 0.2) is 17.5 Å². The predicted octanol–water partition coefficient (Wildman–Crippen LogP) is 2.52. The minimum absolute atomic E-state index is 0.379. The summed E-state index contributed by atoms with van der Waals surface area (Å²) in [5.41, 5.74) is 8.94. The first-order valence-corrected chi connectivity index (χ1v) is 8.09. The molecular formula is C18H22N4O2. The van der Waals surface area contributed by atoms with E-state index >= 15 is 0 Å². The average Bonchev–Trinajstić information content (AvgIpc) is 2.81. The predicted molar refractivity (Wildman–Crippen MR) is 94.8 cm³/mol. The Labute approximate surface area is 141 Å². The van der Waals surface area contributed by atoms with Crippen molar-refractivity contribution in [3.8, 4) is 11.5 Å². The standard InChI is InChI=1S/C18H22N4O2/c1-13-3-4-14(12-21-13)7-8-20-18(19)22-15-5-6-16-17(11-15)24-10-2-9-23-16/h3-6,11-12H,2,7-10H2,1H3,(H3,19,20,22). The summed E-state index contributed by atoms with van der Waals surface area (Å²) in [6.07, 6.45) is 3.56. The number of hydrogen-bond acceptors (Lipinski definition) is 4. The van der Waals surface area contributed by atoms with Crippen LogP contribution in [0.1, 0.15) is 17.7 Å². The van der Waals surface area contributed by atoms with Crippen LogP contribution in [0.5, 0.6) is 11.5 Å². The maximum absolute atomic E-state index is 5.95. The zero-order valence-corrected chi connectivity index (χ0v) is 13.8. The van der Waals surface area contributed by atoms with Crippen LogP contribution in [0.3, 0.4) is 0 Å². The van der Waals surface area contributed by atoms with Crippen LogP contribution in [0.2, 0.25) is 0 Å². The summed E-state index contributed by atoms with van der Waals surface area (Å²) >= 11 is 0. The molecule has 0 saturated carbocycles. The first kappa shape index (κ1) is 16.1. The Hall–Kier alpha value is -2.76. The van der Waals surface area contributed by atoms with Gasteiger partial charge >= 0.3 is 0 Å². The normalized spacial score (nSPS) is 14.1. The molecule has 0 unspecified atom stereocenters. The van der Waals surface area contributed by atoms with Gasteiger partial charge < -0.3 is 20.5 Å². The smallest absolute Gasteiger partial charge is 0.193 e. The van der Waals surface area contributed by atoms with Gasteiger partial charge in [-0.05, 0) is 37.1 Å². The minimum Gasteiger partial charge on any atom is -0.490 e. The molecule has 6 nitrogen and oxygen atoms in total. The van der Waals surface area contributed by atoms with Crippen LogP contribution in [-0.2, 0) is 6.42 Å². The number of nitrogens with two attached hydrogens (primary N) is 1. The molecule has 0 bridgehead atoms. The number of nitrogens with zero attached hydrogens (tertiary/aromatic N) is 2. The van der Waals surface area contributed by atoms with Crippen molar-refractivity contribution in [1.29, 1.82) is 0 Å². The molecule has 24 heavy (non-hydrogen) atoms. The third-order valence-corrected chi connectivity index (χ3v) is 3.68. The molecule has 0 spiro atoms. The number of fused-ring (bicyclic) bond motifs is 1. The third-order valence-electron chi connectivity index (χ3n) is 3.68. The summed E-state index contributed by atoms with van der Waals surface area (Å²) in [6, 6.07) is 9.73. The Morgan fingerprint density at radius 1 is 1.21 bits per heavy atom. The van der Waals surface area contributed by atoms with Crippen molar-refractivity contribution in [1.82, 2.24) is 4.98 Å². The van der Waals surface area contributed by atoms with Crippen LogP contribution in [0, 0.1) is 6.92 Å². The number of pyridine rings is 1. The number of hydrogen-bond donors (Lipinski definition) is 2. The maximum Gasteiger partial charge on any atom is 0.193 e. The Morgan fingerprint density at radius 3 is 2.83 bits per heavy atom. The highest BCUT2D eigenvalue weighted by Crippen LogP contribution is 2.32. The lowest BCUT2D eigenvalue weighted by Gasteiger charge is -2.10. The van der Waals surface area contributed by atoms with Gasteiger partial charge in [0.25, 0.3) is 0 Å². The molecule has 0 saturated heterocycles. The molecule has 1 aliphatic rings. The molecule has 0 radical (unpaired) electrons. The summed E-state index contributed by atoms with van der Waals surface area (Å²) in [6.45, 7) is 3.91. The second-order valence-electron chi connectivity index (χ2n) is 5.66. The number of aliphatic imine (C=N–C) groups is 1. The topological polar surface area (TPSA) is 81.8 Å². The Balaban J connectivity index is 1.56. The van der Waals surface area contributed by atoms with E-state index in [1.54, 1.807) is 0 Å². The van der Waals surface area contributed by atoms with Gasteiger partial charge in [-0.15, -0.1) is 0 Å². The lowest BCUT2D eigenvalue weighted by molar-refractivity contribution is 0.297. The summed E-state index contributed by atoms with van der Waals surface area (Å²) in [4.78, 5) is 8.62. The van der Waals surface area contributed by atoms with Crippen molar-refractivity contribution in [2.75, 3.05) is 25.1 Å². The van der Waals surface area contributed by atoms with Gasteiger partial charge in [-0.25, -0.2) is 0 Å². The Bertz CT molecular complexity index is 713. The summed E-state index contributed by atoms with van der Waals surface area (Å²) in [5, 5.41) is 3.08. The van der Waals surface area contributed by atoms with Gasteiger partial charge in [0.2, 0.25) is 0 Å². The molecule has 1 aliphatic heterocycles. The minimum atomic E-state index is 0.379. The number of aromatic nitrogens is 1. The zero-order valence-electron chi connectivity index (χ0n) is 13.8. The molecular weight excluding hydrogens is 304 g/mol. The second kappa shape index (κ2) is 7.68. The highest BCUT2D eigenvalue weighted by Gasteiger charge is 2.10. The van der Waals surface area contributed by atoms with E-state index in [-0.39, 0.29) is 0 Å². The fourth-order valence-electron chi connectivity index (χ4n) is 2.38. The zero-order chi connectivity index (χ0) is 16.8. The largest absolute Gasteiger partial charge is 0.490 e. The fourth-order valence-corrected chi connectivity index (χ4v) is 2.38. The summed E-state index contributed by atoms with van der Waals surface area (Å²) in [5.74, 6) is 1.88. The number of aryl methyl sites for hydroxylation is 1. The number of benzene rings is 1. The van der Waals surface area contributed by atoms with Gasteiger partial charge in [-0.1, -0.05) is 6.07 Å². The molecule has 126 valence electrons. The molecule has 3 N–H and O–H groups in total. The van der Waals surface area contributed by atoms with E-state index in [1.165, 1.54) is 0 Å². The third kappa shape index (κ3) is 4.38. The highest BCUT2D eigenvalue weighted by atomic mass is 16.5. The van der Waals surface area contributed by atoms with E-state index in [9.17, 15) is 0 Å². The van der Waals surface area contributed by atoms with Crippen molar-refractivity contribution in [3.63, 3.8) is 0 Å². The molecule has 2 heterocycles.